The van der Waals surface area contributed by atoms with Crippen LogP contribution in [0.25, 0.3) is 5.57 Å². The minimum absolute atomic E-state index is 0.362. The van der Waals surface area contributed by atoms with Crippen molar-refractivity contribution in [3.63, 3.8) is 0 Å². The van der Waals surface area contributed by atoms with Gasteiger partial charge in [-0.25, -0.2) is 8.42 Å². The second kappa shape index (κ2) is 4.24. The number of sulfone groups is 1. The molecule has 0 unspecified atom stereocenters. The molecule has 1 aromatic rings. The van der Waals surface area contributed by atoms with E-state index < -0.39 is 9.84 Å². The van der Waals surface area contributed by atoms with Crippen LogP contribution in [0.3, 0.4) is 0 Å². The Hall–Kier alpha value is -0.780. The van der Waals surface area contributed by atoms with Gasteiger partial charge in [-0.3, -0.25) is 0 Å². The van der Waals surface area contributed by atoms with E-state index in [0.717, 1.165) is 16.7 Å². The molecule has 2 N–H and O–H groups in total. The quantitative estimate of drug-likeness (QED) is 0.892. The van der Waals surface area contributed by atoms with Gasteiger partial charge in [-0.05, 0) is 29.0 Å². The summed E-state index contributed by atoms with van der Waals surface area (Å²) in [5, 5.41) is 1.37. The van der Waals surface area contributed by atoms with Crippen LogP contribution in [0.2, 0.25) is 0 Å². The first-order valence-electron chi connectivity index (χ1n) is 4.86. The van der Waals surface area contributed by atoms with Crippen molar-refractivity contribution < 1.29 is 8.42 Å². The molecule has 86 valence electrons. The zero-order chi connectivity index (χ0) is 11.8. The fourth-order valence-corrected chi connectivity index (χ4v) is 3.96. The molecule has 0 radical (unpaired) electrons. The van der Waals surface area contributed by atoms with E-state index in [1.807, 2.05) is 18.4 Å². The molecule has 0 saturated carbocycles. The van der Waals surface area contributed by atoms with Crippen molar-refractivity contribution >= 4 is 27.2 Å². The van der Waals surface area contributed by atoms with Gasteiger partial charge < -0.3 is 5.73 Å². The maximum atomic E-state index is 11.9. The fourth-order valence-electron chi connectivity index (χ4n) is 1.78. The number of rotatable bonds is 3. The number of nitrogens with two attached hydrogens (primary N) is 1. The van der Waals surface area contributed by atoms with Crippen LogP contribution in [0.1, 0.15) is 11.1 Å². The lowest BCUT2D eigenvalue weighted by Gasteiger charge is -2.04. The van der Waals surface area contributed by atoms with Crippen LogP contribution < -0.4 is 5.73 Å². The summed E-state index contributed by atoms with van der Waals surface area (Å²) in [4.78, 5) is 0.402. The smallest absolute Gasteiger partial charge is 0.200 e. The third-order valence-electron chi connectivity index (χ3n) is 2.53. The van der Waals surface area contributed by atoms with Crippen LogP contribution in [0, 0.1) is 0 Å². The van der Waals surface area contributed by atoms with Gasteiger partial charge in [0, 0.05) is 17.7 Å². The first-order chi connectivity index (χ1) is 7.58. The molecule has 1 aromatic carbocycles. The lowest BCUT2D eigenvalue weighted by molar-refractivity contribution is 0.605. The van der Waals surface area contributed by atoms with E-state index in [1.165, 1.54) is 5.41 Å². The first-order valence-corrected chi connectivity index (χ1v) is 7.80. The van der Waals surface area contributed by atoms with Crippen molar-refractivity contribution in [3.05, 3.63) is 34.7 Å². The van der Waals surface area contributed by atoms with Crippen molar-refractivity contribution in [2.24, 2.45) is 5.73 Å². The fraction of sp³-hybridized carbons (Fsp3) is 0.273. The van der Waals surface area contributed by atoms with Crippen molar-refractivity contribution in [2.75, 3.05) is 12.0 Å². The lowest BCUT2D eigenvalue weighted by atomic mass is 10.1. The van der Waals surface area contributed by atoms with E-state index in [4.69, 9.17) is 5.73 Å². The molecule has 0 aromatic heterocycles. The van der Waals surface area contributed by atoms with E-state index in [9.17, 15) is 8.42 Å². The van der Waals surface area contributed by atoms with Crippen molar-refractivity contribution in [1.29, 1.82) is 0 Å². The van der Waals surface area contributed by atoms with Crippen molar-refractivity contribution in [3.8, 4) is 0 Å². The molecular formula is C11H13NO2S2. The molecule has 0 aliphatic carbocycles. The molecule has 3 nitrogen and oxygen atoms in total. The Morgan fingerprint density at radius 3 is 2.75 bits per heavy atom. The van der Waals surface area contributed by atoms with Crippen molar-refractivity contribution in [1.82, 2.24) is 0 Å². The van der Waals surface area contributed by atoms with Crippen LogP contribution in [0.4, 0.5) is 0 Å². The average molecular weight is 255 g/mol. The second-order valence-corrected chi connectivity index (χ2v) is 6.29. The Bertz CT molecular complexity index is 547. The molecule has 0 fully saturated rings. The topological polar surface area (TPSA) is 60.2 Å². The molecule has 0 saturated heterocycles. The van der Waals surface area contributed by atoms with Crippen LogP contribution in [-0.4, -0.2) is 20.4 Å². The molecule has 0 bridgehead atoms. The van der Waals surface area contributed by atoms with E-state index >= 15 is 0 Å². The van der Waals surface area contributed by atoms with E-state index in [-0.39, 0.29) is 0 Å². The highest BCUT2D eigenvalue weighted by Gasteiger charge is 2.26. The molecule has 0 spiro atoms. The van der Waals surface area contributed by atoms with Gasteiger partial charge in [0.2, 0.25) is 9.84 Å². The molecular weight excluding hydrogens is 242 g/mol. The van der Waals surface area contributed by atoms with Crippen molar-refractivity contribution in [2.45, 2.75) is 11.4 Å². The first kappa shape index (κ1) is 11.7. The van der Waals surface area contributed by atoms with Crippen LogP contribution in [-0.2, 0) is 16.4 Å². The minimum atomic E-state index is -3.24. The summed E-state index contributed by atoms with van der Waals surface area (Å²) in [6.45, 7) is 0.362. The Balaban J connectivity index is 2.57. The molecule has 2 rings (SSSR count). The van der Waals surface area contributed by atoms with Gasteiger partial charge in [-0.2, -0.15) is 11.8 Å². The summed E-state index contributed by atoms with van der Waals surface area (Å²) < 4.78 is 23.8. The number of hydrogen-bond donors (Lipinski definition) is 1. The van der Waals surface area contributed by atoms with Crippen LogP contribution in [0.15, 0.2) is 28.5 Å². The third-order valence-corrected chi connectivity index (χ3v) is 4.68. The SMILES string of the molecule is CSCC1=CS(=O)(=O)c2cc(CN)ccc21. The Labute approximate surface area is 99.6 Å². The lowest BCUT2D eigenvalue weighted by Crippen LogP contribution is -2.00. The van der Waals surface area contributed by atoms with Crippen LogP contribution in [0.5, 0.6) is 0 Å². The molecule has 0 atom stereocenters. The maximum absolute atomic E-state index is 11.9. The van der Waals surface area contributed by atoms with Gasteiger partial charge in [-0.1, -0.05) is 12.1 Å². The number of thioether (sulfide) groups is 1. The van der Waals surface area contributed by atoms with Gasteiger partial charge in [0.15, 0.2) is 0 Å². The molecule has 1 aliphatic heterocycles. The normalized spacial score (nSPS) is 17.0. The minimum Gasteiger partial charge on any atom is -0.326 e. The average Bonchev–Trinajstić information content (AvgIpc) is 2.51. The standard InChI is InChI=1S/C11H13NO2S2/c1-15-6-9-7-16(13,14)11-4-8(5-12)2-3-10(9)11/h2-4,7H,5-6,12H2,1H3. The summed E-state index contributed by atoms with van der Waals surface area (Å²) in [6, 6.07) is 5.41. The molecule has 0 amide bonds. The highest BCUT2D eigenvalue weighted by atomic mass is 32.2. The zero-order valence-electron chi connectivity index (χ0n) is 8.93. The molecule has 5 heteroatoms. The summed E-state index contributed by atoms with van der Waals surface area (Å²) in [5.41, 5.74) is 8.06. The number of fused-ring (bicyclic) bond motifs is 1. The van der Waals surface area contributed by atoms with Gasteiger partial charge >= 0.3 is 0 Å². The molecule has 16 heavy (non-hydrogen) atoms. The second-order valence-electron chi connectivity index (χ2n) is 3.66. The van der Waals surface area contributed by atoms with E-state index in [1.54, 1.807) is 17.8 Å². The van der Waals surface area contributed by atoms with E-state index in [0.29, 0.717) is 17.2 Å². The zero-order valence-corrected chi connectivity index (χ0v) is 10.6. The monoisotopic (exact) mass is 255 g/mol. The summed E-state index contributed by atoms with van der Waals surface area (Å²) in [5.74, 6) is 0.716. The Morgan fingerprint density at radius 1 is 1.38 bits per heavy atom. The third kappa shape index (κ3) is 1.90. The highest BCUT2D eigenvalue weighted by molar-refractivity contribution is 7.99. The maximum Gasteiger partial charge on any atom is 0.200 e. The number of hydrogen-bond acceptors (Lipinski definition) is 4. The van der Waals surface area contributed by atoms with Crippen LogP contribution >= 0.6 is 11.8 Å². The molecule has 1 heterocycles. The summed E-state index contributed by atoms with van der Waals surface area (Å²) in [7, 11) is -3.24. The van der Waals surface area contributed by atoms with E-state index in [2.05, 4.69) is 0 Å². The molecule has 1 aliphatic rings. The Kier molecular flexibility index (Phi) is 3.10. The summed E-state index contributed by atoms with van der Waals surface area (Å²) in [6.07, 6.45) is 1.96. The van der Waals surface area contributed by atoms with Gasteiger partial charge in [0.05, 0.1) is 4.90 Å². The van der Waals surface area contributed by atoms with Gasteiger partial charge in [0.25, 0.3) is 0 Å². The number of benzene rings is 1. The highest BCUT2D eigenvalue weighted by Crippen LogP contribution is 2.35. The van der Waals surface area contributed by atoms with Gasteiger partial charge in [-0.15, -0.1) is 0 Å². The van der Waals surface area contributed by atoms with Gasteiger partial charge in [0.1, 0.15) is 0 Å². The largest absolute Gasteiger partial charge is 0.326 e. The Morgan fingerprint density at radius 2 is 2.12 bits per heavy atom. The predicted octanol–water partition coefficient (Wildman–Crippen LogP) is 1.64. The summed E-state index contributed by atoms with van der Waals surface area (Å²) >= 11 is 1.62. The predicted molar refractivity (Wildman–Crippen MR) is 67.9 cm³/mol.